The first-order valence-electron chi connectivity index (χ1n) is 6.63. The number of nitrogens with one attached hydrogen (secondary N) is 2. The number of carbonyl (C=O) groups is 2. The number of halogens is 1. The number of carbonyl (C=O) groups excluding carboxylic acids is 2. The van der Waals surface area contributed by atoms with Crippen LogP contribution in [0.15, 0.2) is 56.4 Å². The van der Waals surface area contributed by atoms with E-state index >= 15 is 0 Å². The molecule has 0 aliphatic carbocycles. The van der Waals surface area contributed by atoms with E-state index in [2.05, 4.69) is 26.6 Å². The van der Waals surface area contributed by atoms with Crippen LogP contribution < -0.4 is 10.6 Å². The topological polar surface area (TPSA) is 71.3 Å². The molecule has 0 spiro atoms. The highest BCUT2D eigenvalue weighted by molar-refractivity contribution is 9.10. The summed E-state index contributed by atoms with van der Waals surface area (Å²) in [7, 11) is 0. The van der Waals surface area contributed by atoms with Gasteiger partial charge in [0.05, 0.1) is 6.54 Å². The standard InChI is InChI=1S/C15H15BrN2O3S/c16-13-7-6-12(21-13)15(20)18-10-14(19)17-8-9-22-11-4-2-1-3-5-11/h1-7H,8-10H2,(H,17,19)(H,18,20). The molecule has 1 aromatic heterocycles. The van der Waals surface area contributed by atoms with Crippen LogP contribution in [0.4, 0.5) is 0 Å². The minimum atomic E-state index is -0.417. The minimum absolute atomic E-state index is 0.0762. The van der Waals surface area contributed by atoms with Gasteiger partial charge in [-0.25, -0.2) is 0 Å². The number of hydrogen-bond acceptors (Lipinski definition) is 4. The van der Waals surface area contributed by atoms with Crippen LogP contribution in [0.2, 0.25) is 0 Å². The third-order valence-electron chi connectivity index (χ3n) is 2.64. The lowest BCUT2D eigenvalue weighted by atomic mass is 10.4. The largest absolute Gasteiger partial charge is 0.444 e. The zero-order chi connectivity index (χ0) is 15.8. The first kappa shape index (κ1) is 16.6. The van der Waals surface area contributed by atoms with Crippen LogP contribution in [0.5, 0.6) is 0 Å². The van der Waals surface area contributed by atoms with E-state index in [1.54, 1.807) is 17.8 Å². The monoisotopic (exact) mass is 382 g/mol. The summed E-state index contributed by atoms with van der Waals surface area (Å²) in [5.41, 5.74) is 0. The third-order valence-corrected chi connectivity index (χ3v) is 4.08. The lowest BCUT2D eigenvalue weighted by Crippen LogP contribution is -2.37. The quantitative estimate of drug-likeness (QED) is 0.570. The van der Waals surface area contributed by atoms with Crippen LogP contribution >= 0.6 is 27.7 Å². The summed E-state index contributed by atoms with van der Waals surface area (Å²) in [6.45, 7) is 0.466. The Balaban J connectivity index is 1.61. The Hall–Kier alpha value is -1.73. The highest BCUT2D eigenvalue weighted by Crippen LogP contribution is 2.15. The summed E-state index contributed by atoms with van der Waals surface area (Å²) in [6, 6.07) is 13.1. The fraction of sp³-hybridized carbons (Fsp3) is 0.200. The Bertz CT molecular complexity index is 631. The maximum atomic E-state index is 11.7. The second kappa shape index (κ2) is 8.65. The molecule has 0 radical (unpaired) electrons. The van der Waals surface area contributed by atoms with Crippen LogP contribution in [-0.4, -0.2) is 30.7 Å². The normalized spacial score (nSPS) is 10.2. The van der Waals surface area contributed by atoms with Crippen molar-refractivity contribution in [3.8, 4) is 0 Å². The summed E-state index contributed by atoms with van der Waals surface area (Å²) in [6.07, 6.45) is 0. The van der Waals surface area contributed by atoms with E-state index in [0.29, 0.717) is 11.2 Å². The molecule has 2 aromatic rings. The van der Waals surface area contributed by atoms with Crippen molar-refractivity contribution in [3.05, 3.63) is 52.9 Å². The molecular weight excluding hydrogens is 368 g/mol. The molecule has 1 aromatic carbocycles. The summed E-state index contributed by atoms with van der Waals surface area (Å²) >= 11 is 4.78. The molecule has 2 amide bonds. The minimum Gasteiger partial charge on any atom is -0.444 e. The SMILES string of the molecule is O=C(CNC(=O)c1ccc(Br)o1)NCCSc1ccccc1. The van der Waals surface area contributed by atoms with Crippen LogP contribution in [0, 0.1) is 0 Å². The summed E-state index contributed by atoms with van der Waals surface area (Å²) in [4.78, 5) is 24.4. The Labute approximate surface area is 141 Å². The third kappa shape index (κ3) is 5.57. The number of thioether (sulfide) groups is 1. The van der Waals surface area contributed by atoms with Gasteiger partial charge < -0.3 is 15.1 Å². The molecule has 2 rings (SSSR count). The summed E-state index contributed by atoms with van der Waals surface area (Å²) < 4.78 is 5.57. The smallest absolute Gasteiger partial charge is 0.287 e. The van der Waals surface area contributed by atoms with Gasteiger partial charge in [0, 0.05) is 17.2 Å². The molecule has 5 nitrogen and oxygen atoms in total. The van der Waals surface area contributed by atoms with Crippen LogP contribution in [0.1, 0.15) is 10.6 Å². The van der Waals surface area contributed by atoms with Crippen molar-refractivity contribution in [2.75, 3.05) is 18.8 Å². The predicted molar refractivity (Wildman–Crippen MR) is 88.9 cm³/mol. The Morgan fingerprint density at radius 3 is 2.55 bits per heavy atom. The van der Waals surface area contributed by atoms with Gasteiger partial charge in [-0.2, -0.15) is 0 Å². The average molecular weight is 383 g/mol. The summed E-state index contributed by atoms with van der Waals surface area (Å²) in [5.74, 6) is 0.293. The lowest BCUT2D eigenvalue weighted by molar-refractivity contribution is -0.120. The van der Waals surface area contributed by atoms with E-state index in [1.165, 1.54) is 6.07 Å². The van der Waals surface area contributed by atoms with Crippen molar-refractivity contribution in [1.29, 1.82) is 0 Å². The van der Waals surface area contributed by atoms with E-state index in [0.717, 1.165) is 10.6 Å². The van der Waals surface area contributed by atoms with Crippen molar-refractivity contribution in [2.24, 2.45) is 0 Å². The number of rotatable bonds is 7. The van der Waals surface area contributed by atoms with Crippen molar-refractivity contribution in [3.63, 3.8) is 0 Å². The second-order valence-corrected chi connectivity index (χ2v) is 6.25. The Kier molecular flexibility index (Phi) is 6.54. The van der Waals surface area contributed by atoms with Gasteiger partial charge in [0.25, 0.3) is 5.91 Å². The number of amides is 2. The van der Waals surface area contributed by atoms with E-state index in [4.69, 9.17) is 4.42 Å². The van der Waals surface area contributed by atoms with Gasteiger partial charge in [0.1, 0.15) is 0 Å². The molecule has 2 N–H and O–H groups in total. The van der Waals surface area contributed by atoms with Gasteiger partial charge in [-0.1, -0.05) is 18.2 Å². The van der Waals surface area contributed by atoms with Gasteiger partial charge in [-0.15, -0.1) is 11.8 Å². The molecule has 116 valence electrons. The second-order valence-electron chi connectivity index (χ2n) is 4.30. The fourth-order valence-electron chi connectivity index (χ4n) is 1.62. The zero-order valence-corrected chi connectivity index (χ0v) is 14.1. The Morgan fingerprint density at radius 1 is 1.09 bits per heavy atom. The molecule has 7 heteroatoms. The van der Waals surface area contributed by atoms with E-state index in [1.807, 2.05) is 30.3 Å². The molecule has 0 fully saturated rings. The van der Waals surface area contributed by atoms with Crippen LogP contribution in [-0.2, 0) is 4.79 Å². The molecule has 0 aliphatic rings. The zero-order valence-electron chi connectivity index (χ0n) is 11.7. The highest BCUT2D eigenvalue weighted by atomic mass is 79.9. The molecule has 0 unspecified atom stereocenters. The molecular formula is C15H15BrN2O3S. The van der Waals surface area contributed by atoms with Crippen molar-refractivity contribution in [2.45, 2.75) is 4.90 Å². The van der Waals surface area contributed by atoms with Crippen molar-refractivity contribution >= 4 is 39.5 Å². The molecule has 0 atom stereocenters. The van der Waals surface area contributed by atoms with E-state index in [-0.39, 0.29) is 18.2 Å². The number of benzene rings is 1. The van der Waals surface area contributed by atoms with Crippen LogP contribution in [0.25, 0.3) is 0 Å². The van der Waals surface area contributed by atoms with Gasteiger partial charge in [-0.05, 0) is 40.2 Å². The molecule has 0 bridgehead atoms. The fourth-order valence-corrected chi connectivity index (χ4v) is 2.72. The predicted octanol–water partition coefficient (Wildman–Crippen LogP) is 2.68. The first-order chi connectivity index (χ1) is 10.6. The number of furan rings is 1. The molecule has 1 heterocycles. The molecule has 0 saturated heterocycles. The van der Waals surface area contributed by atoms with E-state index < -0.39 is 5.91 Å². The van der Waals surface area contributed by atoms with E-state index in [9.17, 15) is 9.59 Å². The molecule has 0 aliphatic heterocycles. The van der Waals surface area contributed by atoms with Gasteiger partial charge >= 0.3 is 0 Å². The maximum Gasteiger partial charge on any atom is 0.287 e. The number of hydrogen-bond donors (Lipinski definition) is 2. The van der Waals surface area contributed by atoms with Crippen molar-refractivity contribution in [1.82, 2.24) is 10.6 Å². The lowest BCUT2D eigenvalue weighted by Gasteiger charge is -2.06. The van der Waals surface area contributed by atoms with Gasteiger partial charge in [-0.3, -0.25) is 9.59 Å². The summed E-state index contributed by atoms with van der Waals surface area (Å²) in [5, 5.41) is 5.25. The van der Waals surface area contributed by atoms with Gasteiger partial charge in [0.15, 0.2) is 10.4 Å². The molecule has 0 saturated carbocycles. The van der Waals surface area contributed by atoms with Crippen molar-refractivity contribution < 1.29 is 14.0 Å². The van der Waals surface area contributed by atoms with Gasteiger partial charge in [0.2, 0.25) is 5.91 Å². The maximum absolute atomic E-state index is 11.7. The Morgan fingerprint density at radius 2 is 1.86 bits per heavy atom. The first-order valence-corrected chi connectivity index (χ1v) is 8.41. The van der Waals surface area contributed by atoms with Crippen LogP contribution in [0.3, 0.4) is 0 Å². The average Bonchev–Trinajstić information content (AvgIpc) is 2.97. The highest BCUT2D eigenvalue weighted by Gasteiger charge is 2.11. The molecule has 22 heavy (non-hydrogen) atoms.